The van der Waals surface area contributed by atoms with E-state index in [0.717, 1.165) is 41.0 Å². The van der Waals surface area contributed by atoms with Crippen molar-refractivity contribution in [3.63, 3.8) is 0 Å². The van der Waals surface area contributed by atoms with Crippen molar-refractivity contribution in [1.29, 1.82) is 0 Å². The van der Waals surface area contributed by atoms with Crippen LogP contribution in [0.1, 0.15) is 43.6 Å². The summed E-state index contributed by atoms with van der Waals surface area (Å²) in [5.74, 6) is 1.34. The van der Waals surface area contributed by atoms with Gasteiger partial charge in [0.2, 0.25) is 11.8 Å². The largest absolute Gasteiger partial charge is 0.359 e. The highest BCUT2D eigenvalue weighted by Crippen LogP contribution is 2.20. The monoisotopic (exact) mass is 326 g/mol. The molecule has 2 aromatic heterocycles. The van der Waals surface area contributed by atoms with E-state index in [2.05, 4.69) is 33.4 Å². The zero-order valence-corrected chi connectivity index (χ0v) is 14.1. The van der Waals surface area contributed by atoms with Crippen LogP contribution in [0.4, 0.5) is 5.69 Å². The van der Waals surface area contributed by atoms with Crippen LogP contribution in [0, 0.1) is 6.92 Å². The lowest BCUT2D eigenvalue weighted by Gasteiger charge is -2.04. The Labute approximate surface area is 140 Å². The molecule has 6 nitrogen and oxygen atoms in total. The molecule has 0 radical (unpaired) electrons. The summed E-state index contributed by atoms with van der Waals surface area (Å²) in [5, 5.41) is 7.95. The second kappa shape index (κ2) is 7.29. The predicted molar refractivity (Wildman–Crippen MR) is 92.9 cm³/mol. The summed E-state index contributed by atoms with van der Waals surface area (Å²) in [5.41, 5.74) is 3.00. The number of H-pyrrole nitrogens is 1. The van der Waals surface area contributed by atoms with Gasteiger partial charge in [0.25, 0.3) is 0 Å². The van der Waals surface area contributed by atoms with Gasteiger partial charge in [0.05, 0.1) is 0 Å². The minimum atomic E-state index is -0.00472. The molecule has 0 unspecified atom stereocenters. The fourth-order valence-corrected chi connectivity index (χ4v) is 2.70. The van der Waals surface area contributed by atoms with Crippen molar-refractivity contribution in [3.05, 3.63) is 41.7 Å². The van der Waals surface area contributed by atoms with Crippen molar-refractivity contribution in [2.24, 2.45) is 0 Å². The van der Waals surface area contributed by atoms with Gasteiger partial charge in [-0.1, -0.05) is 12.1 Å². The Morgan fingerprint density at radius 3 is 3.00 bits per heavy atom. The molecule has 0 saturated heterocycles. The Hall–Kier alpha value is -2.63. The van der Waals surface area contributed by atoms with Crippen molar-refractivity contribution < 1.29 is 9.32 Å². The molecule has 0 bridgehead atoms. The number of benzene rings is 1. The molecule has 126 valence electrons. The molecule has 3 rings (SSSR count). The maximum Gasteiger partial charge on any atom is 0.226 e. The van der Waals surface area contributed by atoms with Gasteiger partial charge < -0.3 is 14.8 Å². The zero-order chi connectivity index (χ0) is 16.9. The SMILES string of the molecule is CCCc1noc(CCCC(=O)Nc2ccc3[nH]c(C)cc3c2)n1. The summed E-state index contributed by atoms with van der Waals surface area (Å²) < 4.78 is 5.17. The van der Waals surface area contributed by atoms with Gasteiger partial charge in [-0.2, -0.15) is 4.98 Å². The van der Waals surface area contributed by atoms with Gasteiger partial charge in [-0.05, 0) is 44.0 Å². The lowest BCUT2D eigenvalue weighted by Crippen LogP contribution is -2.11. The molecule has 0 aliphatic heterocycles. The molecule has 0 fully saturated rings. The number of hydrogen-bond acceptors (Lipinski definition) is 4. The van der Waals surface area contributed by atoms with E-state index in [-0.39, 0.29) is 5.91 Å². The van der Waals surface area contributed by atoms with E-state index in [4.69, 9.17) is 4.52 Å². The van der Waals surface area contributed by atoms with Crippen molar-refractivity contribution >= 4 is 22.5 Å². The molecule has 0 spiro atoms. The molecule has 0 aliphatic carbocycles. The number of aromatic nitrogens is 3. The van der Waals surface area contributed by atoms with Gasteiger partial charge >= 0.3 is 0 Å². The van der Waals surface area contributed by atoms with Crippen LogP contribution in [-0.4, -0.2) is 21.0 Å². The van der Waals surface area contributed by atoms with Crippen LogP contribution >= 0.6 is 0 Å². The smallest absolute Gasteiger partial charge is 0.226 e. The Balaban J connectivity index is 1.49. The zero-order valence-electron chi connectivity index (χ0n) is 14.1. The number of amides is 1. The third-order valence-electron chi connectivity index (χ3n) is 3.82. The predicted octanol–water partition coefficient (Wildman–Crippen LogP) is 3.77. The average molecular weight is 326 g/mol. The molecule has 6 heteroatoms. The lowest BCUT2D eigenvalue weighted by atomic mass is 10.2. The van der Waals surface area contributed by atoms with Gasteiger partial charge in [0, 0.05) is 41.5 Å². The number of rotatable bonds is 7. The Morgan fingerprint density at radius 2 is 2.17 bits per heavy atom. The molecule has 1 aromatic carbocycles. The molecule has 0 atom stereocenters. The molecule has 0 aliphatic rings. The normalized spacial score (nSPS) is 11.1. The fraction of sp³-hybridized carbons (Fsp3) is 0.389. The van der Waals surface area contributed by atoms with E-state index < -0.39 is 0 Å². The summed E-state index contributed by atoms with van der Waals surface area (Å²) >= 11 is 0. The maximum absolute atomic E-state index is 12.1. The van der Waals surface area contributed by atoms with Crippen LogP contribution in [0.2, 0.25) is 0 Å². The van der Waals surface area contributed by atoms with Gasteiger partial charge in [-0.15, -0.1) is 0 Å². The summed E-state index contributed by atoms with van der Waals surface area (Å²) in [6.07, 6.45) is 3.55. The molecule has 3 aromatic rings. The van der Waals surface area contributed by atoms with Crippen molar-refractivity contribution in [1.82, 2.24) is 15.1 Å². The van der Waals surface area contributed by atoms with Crippen molar-refractivity contribution in [2.45, 2.75) is 46.0 Å². The minimum Gasteiger partial charge on any atom is -0.359 e. The first-order valence-corrected chi connectivity index (χ1v) is 8.34. The first kappa shape index (κ1) is 16.2. The summed E-state index contributed by atoms with van der Waals surface area (Å²) in [7, 11) is 0. The van der Waals surface area contributed by atoms with Crippen LogP contribution in [0.25, 0.3) is 10.9 Å². The number of carbonyl (C=O) groups excluding carboxylic acids is 1. The number of anilines is 1. The first-order valence-electron chi connectivity index (χ1n) is 8.34. The lowest BCUT2D eigenvalue weighted by molar-refractivity contribution is -0.116. The third kappa shape index (κ3) is 4.01. The van der Waals surface area contributed by atoms with Crippen LogP contribution in [-0.2, 0) is 17.6 Å². The molecule has 2 N–H and O–H groups in total. The van der Waals surface area contributed by atoms with Crippen molar-refractivity contribution in [2.75, 3.05) is 5.32 Å². The second-order valence-electron chi connectivity index (χ2n) is 6.01. The Kier molecular flexibility index (Phi) is 4.93. The minimum absolute atomic E-state index is 0.00472. The van der Waals surface area contributed by atoms with Crippen LogP contribution in [0.15, 0.2) is 28.8 Å². The summed E-state index contributed by atoms with van der Waals surface area (Å²) in [6, 6.07) is 7.93. The standard InChI is InChI=1S/C18H22N4O2/c1-3-5-16-21-18(24-22-16)7-4-6-17(23)20-14-8-9-15-13(11-14)10-12(2)19-15/h8-11,19H,3-7H2,1-2H3,(H,20,23). The highest BCUT2D eigenvalue weighted by molar-refractivity contribution is 5.93. The fourth-order valence-electron chi connectivity index (χ4n) is 2.70. The van der Waals surface area contributed by atoms with Gasteiger partial charge in [-0.25, -0.2) is 0 Å². The topological polar surface area (TPSA) is 83.8 Å². The molecular weight excluding hydrogens is 304 g/mol. The number of nitrogens with one attached hydrogen (secondary N) is 2. The number of nitrogens with zero attached hydrogens (tertiary/aromatic N) is 2. The quantitative estimate of drug-likeness (QED) is 0.692. The number of fused-ring (bicyclic) bond motifs is 1. The number of carbonyl (C=O) groups is 1. The first-order chi connectivity index (χ1) is 11.6. The Bertz CT molecular complexity index is 835. The highest BCUT2D eigenvalue weighted by Gasteiger charge is 2.08. The third-order valence-corrected chi connectivity index (χ3v) is 3.82. The average Bonchev–Trinajstić information content (AvgIpc) is 3.13. The van der Waals surface area contributed by atoms with E-state index in [0.29, 0.717) is 25.2 Å². The molecule has 1 amide bonds. The van der Waals surface area contributed by atoms with E-state index in [1.54, 1.807) is 0 Å². The van der Waals surface area contributed by atoms with E-state index in [1.165, 1.54) is 0 Å². The molecule has 24 heavy (non-hydrogen) atoms. The maximum atomic E-state index is 12.1. The Morgan fingerprint density at radius 1 is 1.29 bits per heavy atom. The summed E-state index contributed by atoms with van der Waals surface area (Å²) in [6.45, 7) is 4.09. The summed E-state index contributed by atoms with van der Waals surface area (Å²) in [4.78, 5) is 19.6. The second-order valence-corrected chi connectivity index (χ2v) is 6.01. The van der Waals surface area contributed by atoms with Crippen molar-refractivity contribution in [3.8, 4) is 0 Å². The van der Waals surface area contributed by atoms with Crippen LogP contribution < -0.4 is 5.32 Å². The van der Waals surface area contributed by atoms with E-state index in [9.17, 15) is 4.79 Å². The highest BCUT2D eigenvalue weighted by atomic mass is 16.5. The number of aryl methyl sites for hydroxylation is 3. The molecule has 2 heterocycles. The van der Waals surface area contributed by atoms with Crippen LogP contribution in [0.3, 0.4) is 0 Å². The number of hydrogen-bond donors (Lipinski definition) is 2. The van der Waals surface area contributed by atoms with Crippen LogP contribution in [0.5, 0.6) is 0 Å². The van der Waals surface area contributed by atoms with Gasteiger partial charge in [0.1, 0.15) is 0 Å². The molecular formula is C18H22N4O2. The molecule has 0 saturated carbocycles. The van der Waals surface area contributed by atoms with Gasteiger partial charge in [-0.3, -0.25) is 4.79 Å². The van der Waals surface area contributed by atoms with E-state index in [1.807, 2.05) is 25.1 Å². The van der Waals surface area contributed by atoms with Gasteiger partial charge in [0.15, 0.2) is 5.82 Å². The van der Waals surface area contributed by atoms with E-state index >= 15 is 0 Å². The number of aromatic amines is 1.